The van der Waals surface area contributed by atoms with Crippen LogP contribution < -0.4 is 0 Å². The molecule has 1 saturated heterocycles. The van der Waals surface area contributed by atoms with Crippen LogP contribution in [0.15, 0.2) is 41.0 Å². The number of rotatable bonds is 6. The highest BCUT2D eigenvalue weighted by Crippen LogP contribution is 2.39. The van der Waals surface area contributed by atoms with Gasteiger partial charge in [0.2, 0.25) is 0 Å². The zero-order chi connectivity index (χ0) is 19.6. The molecule has 0 radical (unpaired) electrons. The first-order chi connectivity index (χ1) is 12.8. The van der Waals surface area contributed by atoms with Gasteiger partial charge in [-0.15, -0.1) is 0 Å². The molecule has 0 unspecified atom stereocenters. The van der Waals surface area contributed by atoms with Crippen LogP contribution in [-0.4, -0.2) is 56.5 Å². The van der Waals surface area contributed by atoms with Crippen LogP contribution in [0.4, 0.5) is 0 Å². The second-order valence-corrected chi connectivity index (χ2v) is 9.37. The Morgan fingerprint density at radius 1 is 1.41 bits per heavy atom. The predicted octanol–water partition coefficient (Wildman–Crippen LogP) is 2.20. The van der Waals surface area contributed by atoms with Gasteiger partial charge in [0, 0.05) is 19.0 Å². The van der Waals surface area contributed by atoms with E-state index < -0.39 is 28.3 Å². The molecule has 1 fully saturated rings. The predicted molar refractivity (Wildman–Crippen MR) is 105 cm³/mol. The van der Waals surface area contributed by atoms with Crippen molar-refractivity contribution in [3.8, 4) is 5.75 Å². The molecule has 146 valence electrons. The maximum Gasteiger partial charge on any atom is 0.456 e. The van der Waals surface area contributed by atoms with E-state index in [9.17, 15) is 18.5 Å². The van der Waals surface area contributed by atoms with Crippen LogP contribution in [0.3, 0.4) is 0 Å². The highest BCUT2D eigenvalue weighted by atomic mass is 32.2. The van der Waals surface area contributed by atoms with Gasteiger partial charge in [-0.05, 0) is 37.0 Å². The lowest BCUT2D eigenvalue weighted by atomic mass is 9.74. The van der Waals surface area contributed by atoms with Crippen molar-refractivity contribution in [3.63, 3.8) is 0 Å². The van der Waals surface area contributed by atoms with Crippen LogP contribution in [0.2, 0.25) is 6.32 Å². The van der Waals surface area contributed by atoms with E-state index in [0.717, 1.165) is 22.3 Å². The van der Waals surface area contributed by atoms with Crippen molar-refractivity contribution in [2.24, 2.45) is 0 Å². The molecule has 27 heavy (non-hydrogen) atoms. The molecule has 3 rings (SSSR count). The van der Waals surface area contributed by atoms with E-state index in [1.807, 2.05) is 25.1 Å². The van der Waals surface area contributed by atoms with E-state index in [2.05, 4.69) is 0 Å². The molecule has 0 saturated carbocycles. The first-order valence-electron chi connectivity index (χ1n) is 9.03. The van der Waals surface area contributed by atoms with Gasteiger partial charge in [-0.25, -0.2) is 8.42 Å². The van der Waals surface area contributed by atoms with E-state index in [1.165, 1.54) is 0 Å². The Balaban J connectivity index is 1.78. The van der Waals surface area contributed by atoms with Gasteiger partial charge in [-0.3, -0.25) is 0 Å². The number of phenols is 1. The molecule has 0 aromatic heterocycles. The third kappa shape index (κ3) is 4.46. The Hall–Kier alpha value is -1.61. The fraction of sp³-hybridized carbons (Fsp3) is 0.474. The summed E-state index contributed by atoms with van der Waals surface area (Å²) in [5.74, 6) is 0.188. The Kier molecular flexibility index (Phi) is 6.10. The number of phenolic OH excluding ortho intramolecular Hbond substituents is 1. The zero-order valence-electron chi connectivity index (χ0n) is 15.6. The van der Waals surface area contributed by atoms with Crippen molar-refractivity contribution in [2.75, 3.05) is 19.5 Å². The monoisotopic (exact) mass is 392 g/mol. The molecule has 1 aromatic rings. The summed E-state index contributed by atoms with van der Waals surface area (Å²) in [7, 11) is -2.86. The van der Waals surface area contributed by atoms with Crippen LogP contribution in [0.25, 0.3) is 6.08 Å². The van der Waals surface area contributed by atoms with Crippen molar-refractivity contribution in [3.05, 3.63) is 46.5 Å². The number of hydrogen-bond acceptors (Lipinski definition) is 6. The lowest BCUT2D eigenvalue weighted by molar-refractivity contribution is 0.166. The van der Waals surface area contributed by atoms with Crippen LogP contribution in [-0.2, 0) is 19.2 Å². The Morgan fingerprint density at radius 3 is 2.85 bits per heavy atom. The van der Waals surface area contributed by atoms with Gasteiger partial charge in [-0.2, -0.15) is 0 Å². The van der Waals surface area contributed by atoms with E-state index in [4.69, 9.17) is 9.39 Å². The number of allylic oxidation sites excluding steroid dienone is 1. The minimum absolute atomic E-state index is 0.0276. The summed E-state index contributed by atoms with van der Waals surface area (Å²) in [5.41, 5.74) is 3.28. The fourth-order valence-corrected chi connectivity index (χ4v) is 5.99. The third-order valence-corrected chi connectivity index (χ3v) is 7.17. The maximum atomic E-state index is 12.5. The molecule has 2 heterocycles. The Labute approximate surface area is 160 Å². The lowest BCUT2D eigenvalue weighted by Crippen LogP contribution is -2.42. The summed E-state index contributed by atoms with van der Waals surface area (Å²) in [4.78, 5) is 0. The molecule has 0 amide bonds. The number of aromatic hydroxyl groups is 1. The topological polar surface area (TPSA) is 93.1 Å². The molecule has 6 nitrogen and oxygen atoms in total. The number of hydrogen-bond donors (Lipinski definition) is 2. The first-order valence-corrected chi connectivity index (χ1v) is 10.7. The van der Waals surface area contributed by atoms with Crippen molar-refractivity contribution in [2.45, 2.75) is 37.4 Å². The Morgan fingerprint density at radius 2 is 2.15 bits per heavy atom. The molecule has 8 heteroatoms. The van der Waals surface area contributed by atoms with Crippen molar-refractivity contribution < 1.29 is 27.9 Å². The number of methoxy groups -OCH3 is 1. The lowest BCUT2D eigenvalue weighted by Gasteiger charge is -2.32. The van der Waals surface area contributed by atoms with E-state index >= 15 is 0 Å². The highest BCUT2D eigenvalue weighted by molar-refractivity contribution is 7.92. The molecular formula is C19H25BO6S. The molecule has 1 aromatic carbocycles. The molecule has 2 N–H and O–H groups in total. The summed E-state index contributed by atoms with van der Waals surface area (Å²) < 4.78 is 35.8. The van der Waals surface area contributed by atoms with Gasteiger partial charge in [0.25, 0.3) is 0 Å². The van der Waals surface area contributed by atoms with Crippen LogP contribution in [0.5, 0.6) is 5.75 Å². The fourth-order valence-electron chi connectivity index (χ4n) is 3.89. The second-order valence-electron chi connectivity index (χ2n) is 7.19. The van der Waals surface area contributed by atoms with Gasteiger partial charge < -0.3 is 19.5 Å². The highest BCUT2D eigenvalue weighted by Gasteiger charge is 2.48. The van der Waals surface area contributed by atoms with Crippen LogP contribution >= 0.6 is 0 Å². The normalized spacial score (nSPS) is 25.0. The minimum atomic E-state index is -3.32. The van der Waals surface area contributed by atoms with Crippen molar-refractivity contribution in [1.82, 2.24) is 0 Å². The van der Waals surface area contributed by atoms with Gasteiger partial charge in [0.05, 0.1) is 23.7 Å². The third-order valence-electron chi connectivity index (χ3n) is 5.11. The smallest absolute Gasteiger partial charge is 0.456 e. The summed E-state index contributed by atoms with van der Waals surface area (Å²) in [6.45, 7) is 2.22. The molecule has 0 spiro atoms. The molecule has 2 aliphatic rings. The molecule has 2 aliphatic heterocycles. The number of benzene rings is 1. The number of para-hydroxylation sites is 1. The quantitative estimate of drug-likeness (QED) is 0.570. The standard InChI is InChI=1S/C19H25BO6S/c1-13(9-14-5-3-4-6-16(14)21)7-8-17-19-15(11-25-2)12-27(23,24)18(19)10-20(22)26-17/h3-6,9,17-18,21-22H,7-8,10-12H2,1-2H3/b13-9+/t17-,18+/m1/s1. The molecule has 2 atom stereocenters. The SMILES string of the molecule is COCC1=C2[C@@H](CC/C(C)=C/c3ccccc3O)OB(O)C[C@@H]2S(=O)(=O)C1. The average molecular weight is 392 g/mol. The van der Waals surface area contributed by atoms with E-state index in [-0.39, 0.29) is 24.4 Å². The molecule has 0 aliphatic carbocycles. The summed E-state index contributed by atoms with van der Waals surface area (Å²) in [6.07, 6.45) is 2.74. The molecular weight excluding hydrogens is 367 g/mol. The largest absolute Gasteiger partial charge is 0.507 e. The van der Waals surface area contributed by atoms with Crippen LogP contribution in [0.1, 0.15) is 25.3 Å². The molecule has 0 bridgehead atoms. The minimum Gasteiger partial charge on any atom is -0.507 e. The maximum absolute atomic E-state index is 12.5. The van der Waals surface area contributed by atoms with E-state index in [0.29, 0.717) is 12.8 Å². The second kappa shape index (κ2) is 8.18. The van der Waals surface area contributed by atoms with Crippen molar-refractivity contribution >= 4 is 23.0 Å². The van der Waals surface area contributed by atoms with Gasteiger partial charge in [-0.1, -0.05) is 29.8 Å². The van der Waals surface area contributed by atoms with Crippen molar-refractivity contribution in [1.29, 1.82) is 0 Å². The number of fused-ring (bicyclic) bond motifs is 1. The zero-order valence-corrected chi connectivity index (χ0v) is 16.4. The van der Waals surface area contributed by atoms with Crippen LogP contribution in [0, 0.1) is 0 Å². The summed E-state index contributed by atoms with van der Waals surface area (Å²) >= 11 is 0. The van der Waals surface area contributed by atoms with Gasteiger partial charge >= 0.3 is 7.12 Å². The van der Waals surface area contributed by atoms with Gasteiger partial charge in [0.15, 0.2) is 9.84 Å². The van der Waals surface area contributed by atoms with E-state index in [1.54, 1.807) is 19.2 Å². The average Bonchev–Trinajstić information content (AvgIpc) is 2.85. The Bertz CT molecular complexity index is 861. The summed E-state index contributed by atoms with van der Waals surface area (Å²) in [6, 6.07) is 7.09. The summed E-state index contributed by atoms with van der Waals surface area (Å²) in [5, 5.41) is 19.2. The van der Waals surface area contributed by atoms with Gasteiger partial charge in [0.1, 0.15) is 5.75 Å². The number of sulfone groups is 1. The number of ether oxygens (including phenoxy) is 1. The first kappa shape index (κ1) is 20.1.